The minimum atomic E-state index is -1.39. The Kier molecular flexibility index (Phi) is 9.85. The number of anilines is 1. The van der Waals surface area contributed by atoms with Gasteiger partial charge in [-0.05, 0) is 98.1 Å². The van der Waals surface area contributed by atoms with Gasteiger partial charge in [-0.1, -0.05) is 41.0 Å². The van der Waals surface area contributed by atoms with Gasteiger partial charge in [-0.3, -0.25) is 10.1 Å². The molecule has 0 bridgehead atoms. The molecule has 0 aliphatic rings. The Morgan fingerprint density at radius 2 is 1.62 bits per heavy atom. The van der Waals surface area contributed by atoms with Crippen molar-refractivity contribution in [1.29, 1.82) is 0 Å². The molecule has 246 valence electrons. The van der Waals surface area contributed by atoms with Crippen LogP contribution in [0.2, 0.25) is 5.02 Å². The van der Waals surface area contributed by atoms with Gasteiger partial charge in [0.15, 0.2) is 0 Å². The first kappa shape index (κ1) is 33.7. The number of carboxylic acids is 1. The second-order valence-electron chi connectivity index (χ2n) is 11.7. The van der Waals surface area contributed by atoms with E-state index in [-0.39, 0.29) is 34.3 Å². The lowest BCUT2D eigenvalue weighted by Crippen LogP contribution is -2.42. The molecule has 0 saturated heterocycles. The molecule has 0 fully saturated rings. The van der Waals surface area contributed by atoms with Crippen molar-refractivity contribution in [2.45, 2.75) is 38.8 Å². The third-order valence-corrected chi connectivity index (χ3v) is 7.21. The van der Waals surface area contributed by atoms with Crippen LogP contribution in [0.15, 0.2) is 89.5 Å². The van der Waals surface area contributed by atoms with Gasteiger partial charge in [-0.15, -0.1) is 0 Å². The number of hydrogen-bond donors (Lipinski definition) is 3. The topological polar surface area (TPSA) is 144 Å². The first-order valence-corrected chi connectivity index (χ1v) is 15.0. The third-order valence-electron chi connectivity index (χ3n) is 6.90. The Bertz CT molecular complexity index is 1990. The van der Waals surface area contributed by atoms with Gasteiger partial charge in [0.1, 0.15) is 23.3 Å². The van der Waals surface area contributed by atoms with Crippen LogP contribution in [0.3, 0.4) is 0 Å². The molecule has 10 nitrogen and oxygen atoms in total. The van der Waals surface area contributed by atoms with E-state index in [4.69, 9.17) is 20.9 Å². The number of carbonyl (C=O) groups excluding carboxylic acids is 2. The molecule has 1 aromatic heterocycles. The Hall–Kier alpha value is -5.62. The maximum atomic E-state index is 15.2. The van der Waals surface area contributed by atoms with E-state index < -0.39 is 41.2 Å². The van der Waals surface area contributed by atoms with Gasteiger partial charge >= 0.3 is 12.1 Å². The molecule has 2 amide bonds. The first-order chi connectivity index (χ1) is 22.8. The fraction of sp³-hybridized carbons (Fsp3) is 0.171. The summed E-state index contributed by atoms with van der Waals surface area (Å²) in [6.45, 7) is 5.26. The molecule has 0 aliphatic carbocycles. The number of nitrogens with one attached hydrogen (secondary N) is 2. The van der Waals surface area contributed by atoms with Crippen LogP contribution in [0.1, 0.15) is 36.7 Å². The number of nitrogens with zero attached hydrogens (tertiary/aromatic N) is 2. The van der Waals surface area contributed by atoms with Crippen LogP contribution in [-0.4, -0.2) is 44.9 Å². The fourth-order valence-electron chi connectivity index (χ4n) is 4.63. The zero-order chi connectivity index (χ0) is 34.6. The molecule has 0 spiro atoms. The summed E-state index contributed by atoms with van der Waals surface area (Å²) in [5.41, 5.74) is 1.82. The third kappa shape index (κ3) is 8.39. The molecule has 13 heteroatoms. The summed E-state index contributed by atoms with van der Waals surface area (Å²) in [5, 5.41) is 18.7. The minimum Gasteiger partial charge on any atom is -0.480 e. The van der Waals surface area contributed by atoms with Crippen molar-refractivity contribution in [3.63, 3.8) is 0 Å². The fourth-order valence-corrected chi connectivity index (χ4v) is 4.75. The van der Waals surface area contributed by atoms with Crippen LogP contribution < -0.4 is 10.6 Å². The highest BCUT2D eigenvalue weighted by Gasteiger charge is 2.23. The van der Waals surface area contributed by atoms with Gasteiger partial charge in [0.25, 0.3) is 11.8 Å². The number of benzene rings is 4. The number of hydrogen-bond acceptors (Lipinski definition) is 7. The van der Waals surface area contributed by atoms with Crippen LogP contribution in [-0.2, 0) is 16.0 Å². The summed E-state index contributed by atoms with van der Waals surface area (Å²) >= 11 is 5.76. The van der Waals surface area contributed by atoms with Crippen LogP contribution in [0.25, 0.3) is 34.0 Å². The summed E-state index contributed by atoms with van der Waals surface area (Å²) in [7, 11) is 0. The van der Waals surface area contributed by atoms with E-state index in [1.54, 1.807) is 63.2 Å². The molecule has 5 rings (SSSR count). The smallest absolute Gasteiger partial charge is 0.412 e. The normalized spacial score (nSPS) is 11.9. The van der Waals surface area contributed by atoms with Crippen molar-refractivity contribution in [3.8, 4) is 34.0 Å². The molecule has 0 aliphatic heterocycles. The van der Waals surface area contributed by atoms with Crippen LogP contribution in [0.5, 0.6) is 0 Å². The molecular formula is C35H29ClF2N4O6. The van der Waals surface area contributed by atoms with Crippen molar-refractivity contribution < 1.29 is 37.5 Å². The number of amides is 2. The summed E-state index contributed by atoms with van der Waals surface area (Å²) < 4.78 is 39.7. The van der Waals surface area contributed by atoms with Gasteiger partial charge in [0.05, 0.1) is 10.6 Å². The quantitative estimate of drug-likeness (QED) is 0.144. The number of halogens is 3. The molecule has 0 saturated carbocycles. The van der Waals surface area contributed by atoms with E-state index in [2.05, 4.69) is 20.8 Å². The SMILES string of the molecule is CC(C)(C)OC(=O)Nc1ccc(-c2nc(-c3ccc(C[C@@H](NC(=O)c4cccc(-c5ccc(Cl)c(F)c5)c4)C(=O)O)cc3F)no2)cc1. The molecule has 1 atom stereocenters. The number of aromatic nitrogens is 2. The van der Waals surface area contributed by atoms with E-state index in [1.165, 1.54) is 36.4 Å². The second kappa shape index (κ2) is 14.0. The van der Waals surface area contributed by atoms with Crippen molar-refractivity contribution in [2.24, 2.45) is 0 Å². The van der Waals surface area contributed by atoms with Gasteiger partial charge < -0.3 is 19.7 Å². The highest BCUT2D eigenvalue weighted by molar-refractivity contribution is 6.30. The zero-order valence-corrected chi connectivity index (χ0v) is 26.6. The van der Waals surface area contributed by atoms with E-state index >= 15 is 4.39 Å². The maximum absolute atomic E-state index is 15.2. The minimum absolute atomic E-state index is 0.0170. The molecule has 3 N–H and O–H groups in total. The lowest BCUT2D eigenvalue weighted by atomic mass is 10.0. The van der Waals surface area contributed by atoms with Crippen molar-refractivity contribution in [3.05, 3.63) is 113 Å². The average Bonchev–Trinajstić information content (AvgIpc) is 3.51. The Balaban J connectivity index is 1.25. The van der Waals surface area contributed by atoms with Gasteiger partial charge in [-0.2, -0.15) is 4.98 Å². The number of ether oxygens (including phenoxy) is 1. The predicted octanol–water partition coefficient (Wildman–Crippen LogP) is 7.77. The summed E-state index contributed by atoms with van der Waals surface area (Å²) in [5.74, 6) is -3.27. The van der Waals surface area contributed by atoms with E-state index in [1.807, 2.05) is 0 Å². The Morgan fingerprint density at radius 1 is 0.917 bits per heavy atom. The lowest BCUT2D eigenvalue weighted by molar-refractivity contribution is -0.139. The number of rotatable bonds is 9. The average molecular weight is 675 g/mol. The highest BCUT2D eigenvalue weighted by Crippen LogP contribution is 2.27. The van der Waals surface area contributed by atoms with Gasteiger partial charge in [0, 0.05) is 23.2 Å². The van der Waals surface area contributed by atoms with Crippen molar-refractivity contribution in [1.82, 2.24) is 15.5 Å². The van der Waals surface area contributed by atoms with Crippen LogP contribution in [0, 0.1) is 11.6 Å². The second-order valence-corrected chi connectivity index (χ2v) is 12.1. The van der Waals surface area contributed by atoms with Crippen LogP contribution >= 0.6 is 11.6 Å². The molecule has 5 aromatic rings. The summed E-state index contributed by atoms with van der Waals surface area (Å²) in [6.07, 6.45) is -0.827. The molecule has 0 radical (unpaired) electrons. The van der Waals surface area contributed by atoms with Gasteiger partial charge in [0.2, 0.25) is 5.82 Å². The van der Waals surface area contributed by atoms with E-state index in [0.29, 0.717) is 27.9 Å². The summed E-state index contributed by atoms with van der Waals surface area (Å²) in [6, 6.07) is 19.6. The molecular weight excluding hydrogens is 646 g/mol. The standard InChI is InChI=1S/C35H29ClF2N4O6/c1-35(2,3)47-34(46)39-24-11-8-20(9-12-24)32-41-30(42-48-32)25-13-7-19(15-27(25)37)16-29(33(44)45)40-31(43)23-6-4-5-21(17-23)22-10-14-26(36)28(38)18-22/h4-15,17-18,29H,16H2,1-3H3,(H,39,46)(H,40,43)(H,44,45)/t29-/m1/s1. The largest absolute Gasteiger partial charge is 0.480 e. The number of aliphatic carboxylic acids is 1. The molecule has 4 aromatic carbocycles. The number of carboxylic acid groups (broad SMARTS) is 1. The molecule has 1 heterocycles. The molecule has 48 heavy (non-hydrogen) atoms. The Morgan fingerprint density at radius 3 is 2.29 bits per heavy atom. The monoisotopic (exact) mass is 674 g/mol. The Labute approximate surface area is 278 Å². The predicted molar refractivity (Wildman–Crippen MR) is 174 cm³/mol. The highest BCUT2D eigenvalue weighted by atomic mass is 35.5. The first-order valence-electron chi connectivity index (χ1n) is 14.6. The maximum Gasteiger partial charge on any atom is 0.412 e. The van der Waals surface area contributed by atoms with Crippen LogP contribution in [0.4, 0.5) is 19.3 Å². The zero-order valence-electron chi connectivity index (χ0n) is 25.9. The number of carbonyl (C=O) groups is 3. The molecule has 0 unspecified atom stereocenters. The lowest BCUT2D eigenvalue weighted by Gasteiger charge is -2.19. The van der Waals surface area contributed by atoms with Crippen molar-refractivity contribution in [2.75, 3.05) is 5.32 Å². The van der Waals surface area contributed by atoms with E-state index in [0.717, 1.165) is 6.07 Å². The van der Waals surface area contributed by atoms with Crippen molar-refractivity contribution >= 4 is 35.3 Å². The van der Waals surface area contributed by atoms with E-state index in [9.17, 15) is 23.9 Å². The van der Waals surface area contributed by atoms with Gasteiger partial charge in [-0.25, -0.2) is 18.4 Å². The summed E-state index contributed by atoms with van der Waals surface area (Å²) in [4.78, 5) is 41.3.